The number of benzene rings is 1. The first-order valence-corrected chi connectivity index (χ1v) is 7.14. The van der Waals surface area contributed by atoms with Crippen molar-refractivity contribution in [1.29, 1.82) is 0 Å². The summed E-state index contributed by atoms with van der Waals surface area (Å²) in [5.41, 5.74) is -0.493. The third-order valence-electron chi connectivity index (χ3n) is 3.36. The van der Waals surface area contributed by atoms with Crippen LogP contribution in [0.4, 0.5) is 5.69 Å². The fourth-order valence-corrected chi connectivity index (χ4v) is 2.70. The second-order valence-corrected chi connectivity index (χ2v) is 6.15. The lowest BCUT2D eigenvalue weighted by Crippen LogP contribution is -2.68. The maximum atomic E-state index is 12.6. The molecule has 1 aromatic rings. The number of nitrogens with zero attached hydrogens (tertiary/aromatic N) is 1. The zero-order valence-corrected chi connectivity index (χ0v) is 13.0. The van der Waals surface area contributed by atoms with Gasteiger partial charge in [-0.1, -0.05) is 30.1 Å². The second kappa shape index (κ2) is 5.26. The van der Waals surface area contributed by atoms with E-state index in [9.17, 15) is 9.59 Å². The molecule has 2 amide bonds. The van der Waals surface area contributed by atoms with E-state index in [4.69, 9.17) is 23.2 Å². The number of amides is 2. The summed E-state index contributed by atoms with van der Waals surface area (Å²) in [6.45, 7) is 5.19. The molecule has 1 unspecified atom stereocenters. The molecule has 2 rings (SSSR count). The highest BCUT2D eigenvalue weighted by Gasteiger charge is 2.45. The molecular formula is C14H16Cl2N2O2. The van der Waals surface area contributed by atoms with Crippen molar-refractivity contribution < 1.29 is 9.59 Å². The van der Waals surface area contributed by atoms with Crippen LogP contribution >= 0.6 is 23.2 Å². The first kappa shape index (κ1) is 15.1. The molecule has 0 bridgehead atoms. The minimum atomic E-state index is -0.964. The Bertz CT molecular complexity index is 572. The summed E-state index contributed by atoms with van der Waals surface area (Å²) in [6.07, 6.45) is 0.497. The largest absolute Gasteiger partial charge is 0.340 e. The van der Waals surface area contributed by atoms with Gasteiger partial charge in [0, 0.05) is 5.02 Å². The van der Waals surface area contributed by atoms with E-state index in [1.807, 2.05) is 6.92 Å². The summed E-state index contributed by atoms with van der Waals surface area (Å²) < 4.78 is 0. The van der Waals surface area contributed by atoms with E-state index in [-0.39, 0.29) is 11.8 Å². The Hall–Kier alpha value is -1.26. The average molecular weight is 315 g/mol. The van der Waals surface area contributed by atoms with Crippen molar-refractivity contribution in [2.45, 2.75) is 38.8 Å². The van der Waals surface area contributed by atoms with E-state index < -0.39 is 11.6 Å². The highest BCUT2D eigenvalue weighted by Crippen LogP contribution is 2.34. The first-order chi connectivity index (χ1) is 9.27. The summed E-state index contributed by atoms with van der Waals surface area (Å²) in [5, 5.41) is 3.60. The quantitative estimate of drug-likeness (QED) is 0.912. The number of piperazine rings is 1. The van der Waals surface area contributed by atoms with Crippen LogP contribution in [-0.2, 0) is 9.59 Å². The van der Waals surface area contributed by atoms with E-state index in [1.54, 1.807) is 32.0 Å². The normalized spacial score (nSPS) is 21.9. The van der Waals surface area contributed by atoms with E-state index in [2.05, 4.69) is 5.32 Å². The predicted octanol–water partition coefficient (Wildman–Crippen LogP) is 3.01. The number of hydrogen-bond acceptors (Lipinski definition) is 2. The van der Waals surface area contributed by atoms with Crippen LogP contribution < -0.4 is 10.2 Å². The van der Waals surface area contributed by atoms with Gasteiger partial charge in [0.25, 0.3) is 5.91 Å². The maximum absolute atomic E-state index is 12.6. The standard InChI is InChI=1S/C14H16Cl2N2O2/c1-4-10-12(19)17-14(2,3)13(20)18(10)11-7-8(15)5-6-9(11)16/h5-7,10H,4H2,1-3H3,(H,17,19). The minimum absolute atomic E-state index is 0.187. The van der Waals surface area contributed by atoms with E-state index in [0.717, 1.165) is 0 Å². The van der Waals surface area contributed by atoms with Gasteiger partial charge >= 0.3 is 0 Å². The Morgan fingerprint density at radius 2 is 1.95 bits per heavy atom. The van der Waals surface area contributed by atoms with Crippen molar-refractivity contribution in [3.8, 4) is 0 Å². The lowest BCUT2D eigenvalue weighted by atomic mass is 9.95. The highest BCUT2D eigenvalue weighted by molar-refractivity contribution is 6.36. The monoisotopic (exact) mass is 314 g/mol. The molecule has 1 N–H and O–H groups in total. The summed E-state index contributed by atoms with van der Waals surface area (Å²) in [6, 6.07) is 4.30. The zero-order valence-electron chi connectivity index (χ0n) is 11.5. The fourth-order valence-electron chi connectivity index (χ4n) is 2.32. The van der Waals surface area contributed by atoms with Crippen LogP contribution in [0.2, 0.25) is 10.0 Å². The second-order valence-electron chi connectivity index (χ2n) is 5.31. The van der Waals surface area contributed by atoms with Gasteiger partial charge in [0.2, 0.25) is 5.91 Å². The van der Waals surface area contributed by atoms with Crippen LogP contribution in [0.3, 0.4) is 0 Å². The van der Waals surface area contributed by atoms with Gasteiger partial charge in [-0.05, 0) is 38.5 Å². The lowest BCUT2D eigenvalue weighted by molar-refractivity contribution is -0.137. The van der Waals surface area contributed by atoms with E-state index >= 15 is 0 Å². The molecule has 1 fully saturated rings. The Labute approximate surface area is 128 Å². The lowest BCUT2D eigenvalue weighted by Gasteiger charge is -2.42. The van der Waals surface area contributed by atoms with Gasteiger partial charge in [-0.3, -0.25) is 14.5 Å². The summed E-state index contributed by atoms with van der Waals surface area (Å²) in [7, 11) is 0. The van der Waals surface area contributed by atoms with Crippen LogP contribution in [0.5, 0.6) is 0 Å². The van der Waals surface area contributed by atoms with Gasteiger partial charge in [0.1, 0.15) is 11.6 Å². The molecule has 108 valence electrons. The van der Waals surface area contributed by atoms with Crippen molar-refractivity contribution in [2.24, 2.45) is 0 Å². The Kier molecular flexibility index (Phi) is 3.98. The smallest absolute Gasteiger partial charge is 0.252 e. The molecule has 0 aliphatic carbocycles. The van der Waals surface area contributed by atoms with Crippen LogP contribution in [0.15, 0.2) is 18.2 Å². The highest BCUT2D eigenvalue weighted by atomic mass is 35.5. The Balaban J connectivity index is 2.57. The number of anilines is 1. The molecule has 4 nitrogen and oxygen atoms in total. The molecular weight excluding hydrogens is 299 g/mol. The van der Waals surface area contributed by atoms with Crippen LogP contribution in [0.1, 0.15) is 27.2 Å². The first-order valence-electron chi connectivity index (χ1n) is 6.38. The van der Waals surface area contributed by atoms with Gasteiger partial charge in [0.05, 0.1) is 10.7 Å². The SMILES string of the molecule is CCC1C(=O)NC(C)(C)C(=O)N1c1cc(Cl)ccc1Cl. The molecule has 1 atom stereocenters. The van der Waals surface area contributed by atoms with Crippen molar-refractivity contribution in [3.05, 3.63) is 28.2 Å². The molecule has 1 saturated heterocycles. The van der Waals surface area contributed by atoms with Gasteiger partial charge in [-0.25, -0.2) is 0 Å². The minimum Gasteiger partial charge on any atom is -0.340 e. The Morgan fingerprint density at radius 3 is 2.55 bits per heavy atom. The topological polar surface area (TPSA) is 49.4 Å². The average Bonchev–Trinajstić information content (AvgIpc) is 2.36. The molecule has 0 aromatic heterocycles. The van der Waals surface area contributed by atoms with Gasteiger partial charge < -0.3 is 5.32 Å². The van der Waals surface area contributed by atoms with Gasteiger partial charge in [-0.2, -0.15) is 0 Å². The van der Waals surface area contributed by atoms with Crippen LogP contribution in [0.25, 0.3) is 0 Å². The third-order valence-corrected chi connectivity index (χ3v) is 3.91. The molecule has 1 heterocycles. The van der Waals surface area contributed by atoms with E-state index in [0.29, 0.717) is 22.2 Å². The molecule has 6 heteroatoms. The molecule has 0 saturated carbocycles. The molecule has 0 spiro atoms. The molecule has 1 aliphatic rings. The van der Waals surface area contributed by atoms with E-state index in [1.165, 1.54) is 4.90 Å². The summed E-state index contributed by atoms with van der Waals surface area (Å²) >= 11 is 12.2. The fraction of sp³-hybridized carbons (Fsp3) is 0.429. The van der Waals surface area contributed by atoms with Crippen molar-refractivity contribution in [1.82, 2.24) is 5.32 Å². The van der Waals surface area contributed by atoms with Gasteiger partial charge in [0.15, 0.2) is 0 Å². The number of rotatable bonds is 2. The van der Waals surface area contributed by atoms with Gasteiger partial charge in [-0.15, -0.1) is 0 Å². The van der Waals surface area contributed by atoms with Crippen molar-refractivity contribution in [2.75, 3.05) is 4.90 Å². The van der Waals surface area contributed by atoms with Crippen LogP contribution in [0, 0.1) is 0 Å². The number of carbonyl (C=O) groups excluding carboxylic acids is 2. The van der Waals surface area contributed by atoms with Crippen molar-refractivity contribution >= 4 is 40.7 Å². The maximum Gasteiger partial charge on any atom is 0.252 e. The number of hydrogen-bond donors (Lipinski definition) is 1. The number of halogens is 2. The molecule has 1 aliphatic heterocycles. The summed E-state index contributed by atoms with van der Waals surface area (Å²) in [4.78, 5) is 26.3. The molecule has 0 radical (unpaired) electrons. The number of carbonyl (C=O) groups is 2. The zero-order chi connectivity index (χ0) is 15.1. The summed E-state index contributed by atoms with van der Waals surface area (Å²) in [5.74, 6) is -0.388. The molecule has 1 aromatic carbocycles. The molecule has 20 heavy (non-hydrogen) atoms. The van der Waals surface area contributed by atoms with Crippen LogP contribution in [-0.4, -0.2) is 23.4 Å². The predicted molar refractivity (Wildman–Crippen MR) is 80.2 cm³/mol. The Morgan fingerprint density at radius 1 is 1.30 bits per heavy atom. The number of nitrogens with one attached hydrogen (secondary N) is 1. The van der Waals surface area contributed by atoms with Crippen molar-refractivity contribution in [3.63, 3.8) is 0 Å². The third kappa shape index (κ3) is 2.50.